The molecule has 5 N–H and O–H groups in total. The molecule has 11 nitrogen and oxygen atoms in total. The Labute approximate surface area is 211 Å². The molecule has 4 amide bonds. The van der Waals surface area contributed by atoms with Gasteiger partial charge in [0.05, 0.1) is 28.9 Å². The van der Waals surface area contributed by atoms with Gasteiger partial charge in [-0.3, -0.25) is 9.78 Å². The van der Waals surface area contributed by atoms with Gasteiger partial charge < -0.3 is 35.8 Å². The Morgan fingerprint density at radius 3 is 2.56 bits per heavy atom. The smallest absolute Gasteiger partial charge is 0.404 e. The number of methoxy groups -OCH3 is 1. The average Bonchev–Trinajstić information content (AvgIpc) is 3.66. The molecule has 188 valence electrons. The Bertz CT molecular complexity index is 1310. The minimum absolute atomic E-state index is 0.0563. The second-order valence-electron chi connectivity index (χ2n) is 7.98. The number of halogens is 1. The van der Waals surface area contributed by atoms with E-state index in [-0.39, 0.29) is 30.7 Å². The molecule has 1 aliphatic rings. The molecule has 1 aliphatic carbocycles. The van der Waals surface area contributed by atoms with Crippen molar-refractivity contribution in [1.29, 1.82) is 0 Å². The maximum atomic E-state index is 12.7. The van der Waals surface area contributed by atoms with Crippen molar-refractivity contribution in [1.82, 2.24) is 20.9 Å². The van der Waals surface area contributed by atoms with E-state index in [1.807, 2.05) is 0 Å². The first-order valence-electron chi connectivity index (χ1n) is 11.1. The van der Waals surface area contributed by atoms with Crippen molar-refractivity contribution in [2.75, 3.05) is 25.5 Å². The van der Waals surface area contributed by atoms with Gasteiger partial charge in [-0.1, -0.05) is 11.6 Å². The molecule has 1 aromatic heterocycles. The molecular weight excluding hydrogens is 490 g/mol. The van der Waals surface area contributed by atoms with E-state index in [0.717, 1.165) is 12.8 Å². The number of amides is 4. The van der Waals surface area contributed by atoms with E-state index in [2.05, 4.69) is 26.3 Å². The number of ether oxygens (including phenoxy) is 2. The monoisotopic (exact) mass is 513 g/mol. The van der Waals surface area contributed by atoms with E-state index in [0.29, 0.717) is 38.9 Å². The molecule has 0 saturated heterocycles. The van der Waals surface area contributed by atoms with Crippen LogP contribution in [0.3, 0.4) is 0 Å². The van der Waals surface area contributed by atoms with Crippen molar-refractivity contribution in [2.24, 2.45) is 0 Å². The van der Waals surface area contributed by atoms with Gasteiger partial charge in [0.1, 0.15) is 17.2 Å². The summed E-state index contributed by atoms with van der Waals surface area (Å²) in [6.45, 7) is 0.154. The van der Waals surface area contributed by atoms with Crippen LogP contribution in [0, 0.1) is 0 Å². The number of carbonyl (C=O) groups is 3. The summed E-state index contributed by atoms with van der Waals surface area (Å²) in [7, 11) is 1.44. The lowest BCUT2D eigenvalue weighted by molar-refractivity contribution is 0.0950. The average molecular weight is 514 g/mol. The summed E-state index contributed by atoms with van der Waals surface area (Å²) in [6, 6.07) is 9.65. The molecule has 0 atom stereocenters. The number of fused-ring (bicyclic) bond motifs is 1. The number of hydrogen-bond donors (Lipinski definition) is 5. The van der Waals surface area contributed by atoms with Crippen molar-refractivity contribution in [3.05, 3.63) is 53.2 Å². The molecule has 0 spiro atoms. The molecule has 0 unspecified atom stereocenters. The fourth-order valence-corrected chi connectivity index (χ4v) is 3.60. The molecule has 0 radical (unpaired) electrons. The molecule has 36 heavy (non-hydrogen) atoms. The SMILES string of the molecule is COc1cc2nccc(Oc3ccc(NC(=O)NC4CC4)c(Cl)c3)c2cc1C(=O)NCCNC(=O)O. The number of carbonyl (C=O) groups excluding carboxylic acids is 2. The molecular formula is C24H24ClN5O6. The van der Waals surface area contributed by atoms with Gasteiger partial charge in [0.2, 0.25) is 0 Å². The van der Waals surface area contributed by atoms with Crippen LogP contribution >= 0.6 is 11.6 Å². The van der Waals surface area contributed by atoms with Gasteiger partial charge in [-0.25, -0.2) is 9.59 Å². The number of hydrogen-bond acceptors (Lipinski definition) is 6. The predicted octanol–water partition coefficient (Wildman–Crippen LogP) is 3.97. The fourth-order valence-electron chi connectivity index (χ4n) is 3.38. The highest BCUT2D eigenvalue weighted by Crippen LogP contribution is 2.35. The molecule has 1 heterocycles. The third-order valence-corrected chi connectivity index (χ3v) is 5.60. The van der Waals surface area contributed by atoms with Crippen LogP contribution in [-0.4, -0.2) is 54.4 Å². The largest absolute Gasteiger partial charge is 0.496 e. The zero-order valence-electron chi connectivity index (χ0n) is 19.3. The number of carboxylic acid groups (broad SMARTS) is 1. The van der Waals surface area contributed by atoms with Crippen LogP contribution in [0.5, 0.6) is 17.2 Å². The second kappa shape index (κ2) is 11.0. The molecule has 3 aromatic rings. The lowest BCUT2D eigenvalue weighted by Crippen LogP contribution is -2.34. The molecule has 1 saturated carbocycles. The minimum atomic E-state index is -1.18. The first-order chi connectivity index (χ1) is 17.3. The highest BCUT2D eigenvalue weighted by Gasteiger charge is 2.23. The molecule has 12 heteroatoms. The number of anilines is 1. The van der Waals surface area contributed by atoms with E-state index in [9.17, 15) is 14.4 Å². The van der Waals surface area contributed by atoms with Crippen molar-refractivity contribution in [3.8, 4) is 17.2 Å². The van der Waals surface area contributed by atoms with Gasteiger partial charge in [0.15, 0.2) is 0 Å². The van der Waals surface area contributed by atoms with Crippen LogP contribution in [0.1, 0.15) is 23.2 Å². The van der Waals surface area contributed by atoms with Crippen molar-refractivity contribution in [3.63, 3.8) is 0 Å². The van der Waals surface area contributed by atoms with Crippen LogP contribution in [0.4, 0.5) is 15.3 Å². The Hall–Kier alpha value is -4.25. The van der Waals surface area contributed by atoms with Crippen molar-refractivity contribution < 1.29 is 29.0 Å². The van der Waals surface area contributed by atoms with Gasteiger partial charge in [-0.05, 0) is 37.1 Å². The summed E-state index contributed by atoms with van der Waals surface area (Å²) in [5.74, 6) is 0.701. The normalized spacial score (nSPS) is 12.5. The third-order valence-electron chi connectivity index (χ3n) is 5.28. The summed E-state index contributed by atoms with van der Waals surface area (Å²) in [6.07, 6.45) is 2.34. The number of nitrogens with one attached hydrogen (secondary N) is 4. The summed E-state index contributed by atoms with van der Waals surface area (Å²) in [5.41, 5.74) is 1.22. The number of pyridine rings is 1. The highest BCUT2D eigenvalue weighted by molar-refractivity contribution is 6.33. The maximum absolute atomic E-state index is 12.7. The van der Waals surface area contributed by atoms with E-state index in [1.54, 1.807) is 42.6 Å². The van der Waals surface area contributed by atoms with E-state index in [1.165, 1.54) is 7.11 Å². The van der Waals surface area contributed by atoms with E-state index >= 15 is 0 Å². The number of rotatable bonds is 9. The Balaban J connectivity index is 1.54. The summed E-state index contributed by atoms with van der Waals surface area (Å²) < 4.78 is 11.4. The number of nitrogens with zero attached hydrogens (tertiary/aromatic N) is 1. The van der Waals surface area contributed by atoms with Crippen LogP contribution < -0.4 is 30.7 Å². The van der Waals surface area contributed by atoms with Crippen LogP contribution in [-0.2, 0) is 0 Å². The standard InChI is InChI=1S/C24H24ClN5O6/c1-35-21-12-19-15(11-16(21)22(31)27-8-9-28-24(33)34)20(6-7-26-19)36-14-4-5-18(17(25)10-14)30-23(32)29-13-2-3-13/h4-7,10-13,28H,2-3,8-9H2,1H3,(H,27,31)(H,33,34)(H2,29,30,32). The Morgan fingerprint density at radius 2 is 1.86 bits per heavy atom. The lowest BCUT2D eigenvalue weighted by Gasteiger charge is -2.14. The molecule has 4 rings (SSSR count). The fraction of sp³-hybridized carbons (Fsp3) is 0.250. The molecule has 1 fully saturated rings. The summed E-state index contributed by atoms with van der Waals surface area (Å²) >= 11 is 6.35. The van der Waals surface area contributed by atoms with E-state index in [4.69, 9.17) is 26.2 Å². The molecule has 0 aliphatic heterocycles. The number of urea groups is 1. The maximum Gasteiger partial charge on any atom is 0.404 e. The zero-order chi connectivity index (χ0) is 25.7. The van der Waals surface area contributed by atoms with Gasteiger partial charge in [0, 0.05) is 42.8 Å². The van der Waals surface area contributed by atoms with Gasteiger partial charge in [-0.15, -0.1) is 0 Å². The zero-order valence-corrected chi connectivity index (χ0v) is 20.0. The summed E-state index contributed by atoms with van der Waals surface area (Å²) in [4.78, 5) is 39.7. The number of benzene rings is 2. The topological polar surface area (TPSA) is 151 Å². The lowest BCUT2D eigenvalue weighted by atomic mass is 10.1. The van der Waals surface area contributed by atoms with Crippen LogP contribution in [0.25, 0.3) is 10.9 Å². The minimum Gasteiger partial charge on any atom is -0.496 e. The Kier molecular flexibility index (Phi) is 7.59. The molecule has 2 aromatic carbocycles. The first kappa shape index (κ1) is 24.9. The van der Waals surface area contributed by atoms with Crippen molar-refractivity contribution >= 4 is 46.2 Å². The van der Waals surface area contributed by atoms with Crippen LogP contribution in [0.2, 0.25) is 5.02 Å². The quantitative estimate of drug-likeness (QED) is 0.271. The van der Waals surface area contributed by atoms with Crippen molar-refractivity contribution in [2.45, 2.75) is 18.9 Å². The van der Waals surface area contributed by atoms with Crippen LogP contribution in [0.15, 0.2) is 42.6 Å². The van der Waals surface area contributed by atoms with Gasteiger partial charge >= 0.3 is 12.1 Å². The van der Waals surface area contributed by atoms with Gasteiger partial charge in [0.25, 0.3) is 5.91 Å². The number of aromatic nitrogens is 1. The molecule has 0 bridgehead atoms. The van der Waals surface area contributed by atoms with Gasteiger partial charge in [-0.2, -0.15) is 0 Å². The predicted molar refractivity (Wildman–Crippen MR) is 133 cm³/mol. The summed E-state index contributed by atoms with van der Waals surface area (Å²) in [5, 5.41) is 19.9. The van der Waals surface area contributed by atoms with E-state index < -0.39 is 12.0 Å². The Morgan fingerprint density at radius 1 is 1.08 bits per heavy atom. The third kappa shape index (κ3) is 6.25. The second-order valence-corrected chi connectivity index (χ2v) is 8.39. The highest BCUT2D eigenvalue weighted by atomic mass is 35.5. The first-order valence-corrected chi connectivity index (χ1v) is 11.5.